The maximum absolute atomic E-state index is 14.5. The summed E-state index contributed by atoms with van der Waals surface area (Å²) >= 11 is 0. The fourth-order valence-electron chi connectivity index (χ4n) is 1.96. The molecule has 92 valence electrons. The summed E-state index contributed by atoms with van der Waals surface area (Å²) in [5.41, 5.74) is 5.70. The fraction of sp³-hybridized carbons (Fsp3) is 0.462. The van der Waals surface area contributed by atoms with E-state index in [4.69, 9.17) is 10.3 Å². The van der Waals surface area contributed by atoms with Crippen molar-refractivity contribution in [1.82, 2.24) is 5.16 Å². The Hall–Kier alpha value is -1.58. The Labute approximate surface area is 99.8 Å². The van der Waals surface area contributed by atoms with Crippen LogP contribution in [0.25, 0.3) is 11.0 Å². The molecule has 1 aromatic heterocycles. The highest BCUT2D eigenvalue weighted by Crippen LogP contribution is 2.35. The molecule has 2 aromatic rings. The van der Waals surface area contributed by atoms with Crippen molar-refractivity contribution in [2.24, 2.45) is 0 Å². The number of unbranched alkanes of at least 4 members (excludes halogenated alkanes) is 1. The zero-order valence-corrected chi connectivity index (χ0v) is 10.2. The lowest BCUT2D eigenvalue weighted by Crippen LogP contribution is -2.15. The second kappa shape index (κ2) is 4.35. The van der Waals surface area contributed by atoms with Gasteiger partial charge in [-0.3, -0.25) is 0 Å². The number of hydrogen-bond donors (Lipinski definition) is 1. The molecule has 17 heavy (non-hydrogen) atoms. The Morgan fingerprint density at radius 1 is 1.47 bits per heavy atom. The molecule has 0 saturated carbocycles. The van der Waals surface area contributed by atoms with Crippen molar-refractivity contribution in [3.05, 3.63) is 23.9 Å². The number of fused-ring (bicyclic) bond motifs is 1. The minimum Gasteiger partial charge on any atom is -0.399 e. The van der Waals surface area contributed by atoms with E-state index in [-0.39, 0.29) is 0 Å². The van der Waals surface area contributed by atoms with Gasteiger partial charge in [0.2, 0.25) is 0 Å². The molecule has 1 aromatic carbocycles. The Morgan fingerprint density at radius 2 is 2.24 bits per heavy atom. The number of nitrogens with two attached hydrogens (primary N) is 1. The normalized spacial score (nSPS) is 15.0. The molecule has 0 amide bonds. The van der Waals surface area contributed by atoms with Gasteiger partial charge in [0.1, 0.15) is 5.69 Å². The van der Waals surface area contributed by atoms with Gasteiger partial charge in [-0.05, 0) is 25.5 Å². The molecule has 2 N–H and O–H groups in total. The van der Waals surface area contributed by atoms with Gasteiger partial charge in [0.05, 0.1) is 0 Å². The summed E-state index contributed by atoms with van der Waals surface area (Å²) in [4.78, 5) is 0. The summed E-state index contributed by atoms with van der Waals surface area (Å²) in [5, 5.41) is 4.56. The molecule has 1 atom stereocenters. The summed E-state index contributed by atoms with van der Waals surface area (Å²) < 4.78 is 19.6. The smallest absolute Gasteiger partial charge is 0.169 e. The van der Waals surface area contributed by atoms with Gasteiger partial charge in [-0.1, -0.05) is 24.9 Å². The van der Waals surface area contributed by atoms with Gasteiger partial charge in [-0.25, -0.2) is 4.39 Å². The second-order valence-corrected chi connectivity index (χ2v) is 4.59. The number of anilines is 1. The first kappa shape index (κ1) is 11.9. The average Bonchev–Trinajstić information content (AvgIpc) is 2.69. The molecule has 0 saturated heterocycles. The van der Waals surface area contributed by atoms with Crippen LogP contribution in [0.2, 0.25) is 0 Å². The molecule has 0 aliphatic heterocycles. The number of nitrogen functional groups attached to an aromatic ring is 1. The molecule has 0 bridgehead atoms. The van der Waals surface area contributed by atoms with E-state index in [0.29, 0.717) is 28.8 Å². The third-order valence-corrected chi connectivity index (χ3v) is 2.99. The van der Waals surface area contributed by atoms with Gasteiger partial charge >= 0.3 is 0 Å². The highest BCUT2D eigenvalue weighted by atomic mass is 19.1. The first-order chi connectivity index (χ1) is 8.04. The summed E-state index contributed by atoms with van der Waals surface area (Å²) in [7, 11) is 0. The van der Waals surface area contributed by atoms with Crippen LogP contribution in [0.5, 0.6) is 0 Å². The Morgan fingerprint density at radius 3 is 2.94 bits per heavy atom. The van der Waals surface area contributed by atoms with Gasteiger partial charge in [0, 0.05) is 17.1 Å². The highest BCUT2D eigenvalue weighted by molar-refractivity contribution is 5.83. The number of halogens is 1. The molecule has 1 heterocycles. The minimum absolute atomic E-state index is 0.376. The molecule has 4 heteroatoms. The van der Waals surface area contributed by atoms with E-state index in [9.17, 15) is 4.39 Å². The van der Waals surface area contributed by atoms with Gasteiger partial charge in [-0.15, -0.1) is 0 Å². The van der Waals surface area contributed by atoms with Gasteiger partial charge in [0.15, 0.2) is 11.3 Å². The SMILES string of the molecule is CCCCC(C)(F)c1noc2cc(N)ccc12. The van der Waals surface area contributed by atoms with Crippen LogP contribution in [0.3, 0.4) is 0 Å². The number of nitrogens with zero attached hydrogens (tertiary/aromatic N) is 1. The predicted molar refractivity (Wildman–Crippen MR) is 66.4 cm³/mol. The van der Waals surface area contributed by atoms with Crippen LogP contribution in [-0.4, -0.2) is 5.16 Å². The largest absolute Gasteiger partial charge is 0.399 e. The Balaban J connectivity index is 2.41. The number of benzene rings is 1. The monoisotopic (exact) mass is 236 g/mol. The van der Waals surface area contributed by atoms with Crippen molar-refractivity contribution in [2.75, 3.05) is 5.73 Å². The number of alkyl halides is 1. The molecule has 1 unspecified atom stereocenters. The van der Waals surface area contributed by atoms with Crippen LogP contribution in [-0.2, 0) is 5.67 Å². The molecular formula is C13H17FN2O. The van der Waals surface area contributed by atoms with E-state index in [0.717, 1.165) is 12.8 Å². The van der Waals surface area contributed by atoms with Crippen molar-refractivity contribution in [1.29, 1.82) is 0 Å². The quantitative estimate of drug-likeness (QED) is 0.822. The molecule has 0 aliphatic carbocycles. The topological polar surface area (TPSA) is 52.0 Å². The zero-order chi connectivity index (χ0) is 12.5. The summed E-state index contributed by atoms with van der Waals surface area (Å²) in [6.45, 7) is 3.59. The Bertz CT molecular complexity index is 519. The predicted octanol–water partition coefficient (Wildman–Crippen LogP) is 3.78. The lowest BCUT2D eigenvalue weighted by Gasteiger charge is -2.17. The summed E-state index contributed by atoms with van der Waals surface area (Å²) in [6, 6.07) is 5.17. The summed E-state index contributed by atoms with van der Waals surface area (Å²) in [5.74, 6) is 0. The molecule has 0 spiro atoms. The molecule has 3 nitrogen and oxygen atoms in total. The van der Waals surface area contributed by atoms with Gasteiger partial charge in [0.25, 0.3) is 0 Å². The maximum atomic E-state index is 14.5. The lowest BCUT2D eigenvalue weighted by molar-refractivity contribution is 0.161. The minimum atomic E-state index is -1.45. The number of hydrogen-bond acceptors (Lipinski definition) is 3. The molecule has 2 rings (SSSR count). The van der Waals surface area contributed by atoms with Crippen molar-refractivity contribution in [3.63, 3.8) is 0 Å². The van der Waals surface area contributed by atoms with Gasteiger partial charge in [-0.2, -0.15) is 0 Å². The van der Waals surface area contributed by atoms with Crippen LogP contribution in [0.4, 0.5) is 10.1 Å². The van der Waals surface area contributed by atoms with Crippen LogP contribution in [0, 0.1) is 0 Å². The molecule has 0 fully saturated rings. The van der Waals surface area contributed by atoms with Crippen LogP contribution in [0.15, 0.2) is 22.7 Å². The highest BCUT2D eigenvalue weighted by Gasteiger charge is 2.31. The Kier molecular flexibility index (Phi) is 3.05. The maximum Gasteiger partial charge on any atom is 0.169 e. The van der Waals surface area contributed by atoms with Crippen LogP contribution in [0.1, 0.15) is 38.8 Å². The van der Waals surface area contributed by atoms with E-state index in [1.165, 1.54) is 0 Å². The standard InChI is InChI=1S/C13H17FN2O/c1-3-4-7-13(2,14)12-10-6-5-9(15)8-11(10)17-16-12/h5-6,8H,3-4,7,15H2,1-2H3. The van der Waals surface area contributed by atoms with E-state index < -0.39 is 5.67 Å². The van der Waals surface area contributed by atoms with E-state index >= 15 is 0 Å². The van der Waals surface area contributed by atoms with Crippen LogP contribution < -0.4 is 5.73 Å². The first-order valence-corrected chi connectivity index (χ1v) is 5.89. The first-order valence-electron chi connectivity index (χ1n) is 5.89. The molecular weight excluding hydrogens is 219 g/mol. The zero-order valence-electron chi connectivity index (χ0n) is 10.2. The average molecular weight is 236 g/mol. The van der Waals surface area contributed by atoms with E-state index in [2.05, 4.69) is 5.16 Å². The van der Waals surface area contributed by atoms with Crippen LogP contribution >= 0.6 is 0 Å². The number of aromatic nitrogens is 1. The lowest BCUT2D eigenvalue weighted by atomic mass is 9.95. The fourth-order valence-corrected chi connectivity index (χ4v) is 1.96. The third kappa shape index (κ3) is 2.25. The third-order valence-electron chi connectivity index (χ3n) is 2.99. The number of rotatable bonds is 4. The van der Waals surface area contributed by atoms with Gasteiger partial charge < -0.3 is 10.3 Å². The van der Waals surface area contributed by atoms with Crippen molar-refractivity contribution in [3.8, 4) is 0 Å². The molecule has 0 aliphatic rings. The van der Waals surface area contributed by atoms with Crippen molar-refractivity contribution in [2.45, 2.75) is 38.8 Å². The van der Waals surface area contributed by atoms with Crippen molar-refractivity contribution >= 4 is 16.7 Å². The second-order valence-electron chi connectivity index (χ2n) is 4.59. The van der Waals surface area contributed by atoms with E-state index in [1.54, 1.807) is 25.1 Å². The molecule has 0 radical (unpaired) electrons. The summed E-state index contributed by atoms with van der Waals surface area (Å²) in [6.07, 6.45) is 2.24. The van der Waals surface area contributed by atoms with E-state index in [1.807, 2.05) is 6.92 Å². The van der Waals surface area contributed by atoms with Crippen molar-refractivity contribution < 1.29 is 8.91 Å².